The van der Waals surface area contributed by atoms with Gasteiger partial charge in [-0.25, -0.2) is 0 Å². The van der Waals surface area contributed by atoms with Crippen LogP contribution >= 0.6 is 0 Å². The maximum atomic E-state index is 10.3. The van der Waals surface area contributed by atoms with Crippen LogP contribution in [0.1, 0.15) is 0 Å². The number of rotatable bonds is 0. The molecule has 0 unspecified atom stereocenters. The van der Waals surface area contributed by atoms with E-state index in [1.165, 1.54) is 24.3 Å². The Morgan fingerprint density at radius 3 is 1.10 bits per heavy atom. The first-order chi connectivity index (χ1) is 3.79. The minimum atomic E-state index is -0.121. The SMILES string of the molecule is O=C1C=CC(=O)C=C1.[NaH].[NaH]. The first-order valence-electron chi connectivity index (χ1n) is 2.23. The molecule has 0 N–H and O–H groups in total. The van der Waals surface area contributed by atoms with Crippen molar-refractivity contribution in [3.05, 3.63) is 24.3 Å². The van der Waals surface area contributed by atoms with Gasteiger partial charge in [-0.05, 0) is 24.3 Å². The molecule has 0 saturated heterocycles. The van der Waals surface area contributed by atoms with E-state index in [4.69, 9.17) is 0 Å². The molecule has 1 rings (SSSR count). The van der Waals surface area contributed by atoms with Crippen molar-refractivity contribution in [2.75, 3.05) is 0 Å². The van der Waals surface area contributed by atoms with Crippen LogP contribution in [-0.4, -0.2) is 70.7 Å². The Balaban J connectivity index is 0. The molecule has 0 radical (unpaired) electrons. The fraction of sp³-hybridized carbons (Fsp3) is 0. The van der Waals surface area contributed by atoms with E-state index in [0.717, 1.165) is 0 Å². The third-order valence-electron chi connectivity index (χ3n) is 0.824. The molecule has 0 saturated carbocycles. The van der Waals surface area contributed by atoms with E-state index in [2.05, 4.69) is 0 Å². The Morgan fingerprint density at radius 1 is 0.700 bits per heavy atom. The second-order valence-corrected chi connectivity index (χ2v) is 1.47. The molecule has 0 amide bonds. The van der Waals surface area contributed by atoms with Crippen molar-refractivity contribution < 1.29 is 9.59 Å². The predicted octanol–water partition coefficient (Wildman–Crippen LogP) is -1.05. The quantitative estimate of drug-likeness (QED) is 0.331. The van der Waals surface area contributed by atoms with Gasteiger partial charge in [0.2, 0.25) is 0 Å². The Kier molecular flexibility index (Phi) is 8.75. The molecule has 4 heteroatoms. The van der Waals surface area contributed by atoms with E-state index in [-0.39, 0.29) is 70.7 Å². The summed E-state index contributed by atoms with van der Waals surface area (Å²) in [5.74, 6) is -0.241. The molecule has 0 aromatic heterocycles. The fourth-order valence-corrected chi connectivity index (χ4v) is 0.440. The van der Waals surface area contributed by atoms with Crippen molar-refractivity contribution in [3.8, 4) is 0 Å². The molecule has 0 atom stereocenters. The van der Waals surface area contributed by atoms with Gasteiger partial charge in [0.15, 0.2) is 11.6 Å². The van der Waals surface area contributed by atoms with E-state index in [0.29, 0.717) is 0 Å². The molecule has 10 heavy (non-hydrogen) atoms. The fourth-order valence-electron chi connectivity index (χ4n) is 0.440. The summed E-state index contributed by atoms with van der Waals surface area (Å²) < 4.78 is 0. The van der Waals surface area contributed by atoms with Crippen molar-refractivity contribution >= 4 is 70.7 Å². The van der Waals surface area contributed by atoms with Crippen LogP contribution in [0.15, 0.2) is 24.3 Å². The van der Waals surface area contributed by atoms with Gasteiger partial charge < -0.3 is 0 Å². The van der Waals surface area contributed by atoms with Crippen molar-refractivity contribution in [1.82, 2.24) is 0 Å². The van der Waals surface area contributed by atoms with Gasteiger partial charge in [0.05, 0.1) is 0 Å². The molecular weight excluding hydrogens is 150 g/mol. The van der Waals surface area contributed by atoms with Crippen LogP contribution in [-0.2, 0) is 9.59 Å². The summed E-state index contributed by atoms with van der Waals surface area (Å²) in [5, 5.41) is 0. The van der Waals surface area contributed by atoms with Crippen molar-refractivity contribution in [3.63, 3.8) is 0 Å². The van der Waals surface area contributed by atoms with Gasteiger partial charge in [0, 0.05) is 0 Å². The minimum absolute atomic E-state index is 0. The second-order valence-electron chi connectivity index (χ2n) is 1.47. The number of carbonyl (C=O) groups excluding carboxylic acids is 2. The monoisotopic (exact) mass is 156 g/mol. The first kappa shape index (κ1) is 13.4. The number of allylic oxidation sites excluding steroid dienone is 4. The molecule has 0 aliphatic heterocycles. The molecule has 0 spiro atoms. The van der Waals surface area contributed by atoms with Gasteiger partial charge in [0.1, 0.15) is 0 Å². The molecule has 0 bridgehead atoms. The molecule has 0 heterocycles. The van der Waals surface area contributed by atoms with Crippen LogP contribution < -0.4 is 0 Å². The van der Waals surface area contributed by atoms with Gasteiger partial charge in [-0.15, -0.1) is 0 Å². The van der Waals surface area contributed by atoms with Crippen LogP contribution in [0.25, 0.3) is 0 Å². The number of hydrogen-bond acceptors (Lipinski definition) is 2. The standard InChI is InChI=1S/C6H4O2.2Na.2H/c7-5-1-2-6(8)4-3-5;;;;/h1-4H;;;;. The summed E-state index contributed by atoms with van der Waals surface area (Å²) in [6.45, 7) is 0. The van der Waals surface area contributed by atoms with Crippen LogP contribution in [0.2, 0.25) is 0 Å². The van der Waals surface area contributed by atoms with Gasteiger partial charge in [-0.3, -0.25) is 9.59 Å². The molecule has 44 valence electrons. The zero-order valence-corrected chi connectivity index (χ0v) is 4.13. The van der Waals surface area contributed by atoms with Crippen molar-refractivity contribution in [2.24, 2.45) is 0 Å². The van der Waals surface area contributed by atoms with Gasteiger partial charge in [0.25, 0.3) is 0 Å². The summed E-state index contributed by atoms with van der Waals surface area (Å²) in [5.41, 5.74) is 0. The summed E-state index contributed by atoms with van der Waals surface area (Å²) >= 11 is 0. The average Bonchev–Trinajstić information content (AvgIpc) is 1.77. The van der Waals surface area contributed by atoms with Crippen LogP contribution in [0.5, 0.6) is 0 Å². The topological polar surface area (TPSA) is 34.1 Å². The molecular formula is C6H6Na2O2. The third kappa shape index (κ3) is 4.61. The van der Waals surface area contributed by atoms with Gasteiger partial charge in [-0.2, -0.15) is 0 Å². The maximum absolute atomic E-state index is 10.3. The molecule has 1 aliphatic carbocycles. The Hall–Kier alpha value is 0.820. The summed E-state index contributed by atoms with van der Waals surface area (Å²) in [6.07, 6.45) is 5.01. The normalized spacial score (nSPS) is 14.0. The zero-order chi connectivity index (χ0) is 5.98. The van der Waals surface area contributed by atoms with Crippen molar-refractivity contribution in [2.45, 2.75) is 0 Å². The van der Waals surface area contributed by atoms with E-state index < -0.39 is 0 Å². The third-order valence-corrected chi connectivity index (χ3v) is 0.824. The van der Waals surface area contributed by atoms with Crippen LogP contribution in [0.3, 0.4) is 0 Å². The van der Waals surface area contributed by atoms with Gasteiger partial charge >= 0.3 is 59.1 Å². The van der Waals surface area contributed by atoms with E-state index >= 15 is 0 Å². The van der Waals surface area contributed by atoms with Crippen LogP contribution in [0, 0.1) is 0 Å². The van der Waals surface area contributed by atoms with Gasteiger partial charge in [-0.1, -0.05) is 0 Å². The van der Waals surface area contributed by atoms with E-state index in [9.17, 15) is 9.59 Å². The number of carbonyl (C=O) groups is 2. The molecule has 0 fully saturated rings. The molecule has 1 aliphatic rings. The van der Waals surface area contributed by atoms with Crippen LogP contribution in [0.4, 0.5) is 0 Å². The number of hydrogen-bond donors (Lipinski definition) is 0. The molecule has 0 aromatic rings. The predicted molar refractivity (Wildman–Crippen MR) is 42.6 cm³/mol. The summed E-state index contributed by atoms with van der Waals surface area (Å²) in [6, 6.07) is 0. The zero-order valence-electron chi connectivity index (χ0n) is 4.13. The Bertz CT molecular complexity index is 156. The average molecular weight is 156 g/mol. The van der Waals surface area contributed by atoms with E-state index in [1.54, 1.807) is 0 Å². The first-order valence-corrected chi connectivity index (χ1v) is 2.23. The Morgan fingerprint density at radius 2 is 0.900 bits per heavy atom. The van der Waals surface area contributed by atoms with E-state index in [1.807, 2.05) is 0 Å². The Labute approximate surface area is 103 Å². The number of ketones is 2. The molecule has 2 nitrogen and oxygen atoms in total. The summed E-state index contributed by atoms with van der Waals surface area (Å²) in [4.78, 5) is 20.6. The second kappa shape index (κ2) is 6.53. The van der Waals surface area contributed by atoms with Crippen molar-refractivity contribution in [1.29, 1.82) is 0 Å². The molecule has 0 aromatic carbocycles. The summed E-state index contributed by atoms with van der Waals surface area (Å²) in [7, 11) is 0.